The SMILES string of the molecule is COc1ccc(NC(=S)N(CCc2ccccc2)[C@@H]2CC(=O)N(c3ccc(C)cc3)C2=O)cc1. The van der Waals surface area contributed by atoms with E-state index < -0.39 is 6.04 Å². The zero-order valence-electron chi connectivity index (χ0n) is 19.2. The van der Waals surface area contributed by atoms with Crippen molar-refractivity contribution in [2.45, 2.75) is 25.8 Å². The Kier molecular flexibility index (Phi) is 7.23. The van der Waals surface area contributed by atoms with E-state index in [1.54, 1.807) is 19.2 Å². The van der Waals surface area contributed by atoms with Crippen LogP contribution in [-0.4, -0.2) is 41.5 Å². The fourth-order valence-corrected chi connectivity index (χ4v) is 4.32. The molecule has 4 rings (SSSR count). The van der Waals surface area contributed by atoms with E-state index in [-0.39, 0.29) is 18.2 Å². The first-order chi connectivity index (χ1) is 16.5. The smallest absolute Gasteiger partial charge is 0.257 e. The van der Waals surface area contributed by atoms with Gasteiger partial charge in [-0.05, 0) is 67.5 Å². The average Bonchev–Trinajstić information content (AvgIpc) is 3.14. The summed E-state index contributed by atoms with van der Waals surface area (Å²) in [4.78, 5) is 29.5. The standard InChI is InChI=1S/C27H27N3O3S/c1-19-8-12-22(13-9-19)30-25(31)18-24(26(30)32)29(17-16-20-6-4-3-5-7-20)27(34)28-21-10-14-23(33-2)15-11-21/h3-15,24H,16-18H2,1-2H3,(H,28,34)/t24-/m1/s1. The summed E-state index contributed by atoms with van der Waals surface area (Å²) in [6.45, 7) is 2.46. The Morgan fingerprint density at radius 3 is 2.35 bits per heavy atom. The van der Waals surface area contributed by atoms with E-state index in [0.29, 0.717) is 23.8 Å². The van der Waals surface area contributed by atoms with E-state index in [0.717, 1.165) is 22.6 Å². The highest BCUT2D eigenvalue weighted by atomic mass is 32.1. The van der Waals surface area contributed by atoms with Crippen LogP contribution in [0.25, 0.3) is 0 Å². The summed E-state index contributed by atoms with van der Waals surface area (Å²) in [7, 11) is 1.61. The molecule has 3 aromatic rings. The lowest BCUT2D eigenvalue weighted by atomic mass is 10.1. The van der Waals surface area contributed by atoms with Gasteiger partial charge in [-0.15, -0.1) is 0 Å². The predicted octanol–water partition coefficient (Wildman–Crippen LogP) is 4.58. The van der Waals surface area contributed by atoms with Crippen molar-refractivity contribution in [2.75, 3.05) is 23.9 Å². The molecule has 1 N–H and O–H groups in total. The van der Waals surface area contributed by atoms with Gasteiger partial charge in [-0.3, -0.25) is 9.59 Å². The zero-order valence-corrected chi connectivity index (χ0v) is 20.0. The summed E-state index contributed by atoms with van der Waals surface area (Å²) in [5, 5.41) is 3.62. The number of nitrogens with zero attached hydrogens (tertiary/aromatic N) is 2. The van der Waals surface area contributed by atoms with Gasteiger partial charge < -0.3 is 15.0 Å². The number of aryl methyl sites for hydroxylation is 1. The Balaban J connectivity index is 1.57. The first-order valence-corrected chi connectivity index (χ1v) is 11.6. The van der Waals surface area contributed by atoms with Crippen molar-refractivity contribution in [3.05, 3.63) is 90.0 Å². The number of amides is 2. The molecule has 1 fully saturated rings. The van der Waals surface area contributed by atoms with Gasteiger partial charge in [0.25, 0.3) is 5.91 Å². The lowest BCUT2D eigenvalue weighted by molar-refractivity contribution is -0.122. The maximum atomic E-state index is 13.5. The molecule has 1 saturated heterocycles. The Labute approximate surface area is 205 Å². The van der Waals surface area contributed by atoms with Gasteiger partial charge in [0.05, 0.1) is 19.2 Å². The predicted molar refractivity (Wildman–Crippen MR) is 138 cm³/mol. The van der Waals surface area contributed by atoms with Crippen molar-refractivity contribution in [3.63, 3.8) is 0 Å². The molecule has 3 aromatic carbocycles. The topological polar surface area (TPSA) is 61.9 Å². The molecule has 6 nitrogen and oxygen atoms in total. The molecule has 1 aliphatic rings. The normalized spacial score (nSPS) is 15.4. The highest BCUT2D eigenvalue weighted by molar-refractivity contribution is 7.80. The number of thiocarbonyl (C=S) groups is 1. The molecule has 0 spiro atoms. The van der Waals surface area contributed by atoms with Crippen molar-refractivity contribution in [1.82, 2.24) is 4.90 Å². The van der Waals surface area contributed by atoms with Gasteiger partial charge in [-0.25, -0.2) is 4.90 Å². The van der Waals surface area contributed by atoms with E-state index >= 15 is 0 Å². The van der Waals surface area contributed by atoms with Crippen LogP contribution in [-0.2, 0) is 16.0 Å². The van der Waals surface area contributed by atoms with Crippen molar-refractivity contribution in [3.8, 4) is 5.75 Å². The molecule has 0 saturated carbocycles. The third kappa shape index (κ3) is 5.26. The number of rotatable bonds is 7. The summed E-state index contributed by atoms with van der Waals surface area (Å²) in [6.07, 6.45) is 0.764. The quantitative estimate of drug-likeness (QED) is 0.401. The zero-order chi connectivity index (χ0) is 24.1. The number of hydrogen-bond acceptors (Lipinski definition) is 4. The third-order valence-corrected chi connectivity index (χ3v) is 6.21. The Morgan fingerprint density at radius 1 is 1.03 bits per heavy atom. The summed E-state index contributed by atoms with van der Waals surface area (Å²) in [5.74, 6) is 0.249. The van der Waals surface area contributed by atoms with E-state index in [2.05, 4.69) is 5.32 Å². The molecule has 7 heteroatoms. The maximum absolute atomic E-state index is 13.5. The van der Waals surface area contributed by atoms with Crippen molar-refractivity contribution < 1.29 is 14.3 Å². The molecule has 0 aliphatic carbocycles. The maximum Gasteiger partial charge on any atom is 0.257 e. The molecule has 34 heavy (non-hydrogen) atoms. The van der Waals surface area contributed by atoms with Crippen molar-refractivity contribution in [1.29, 1.82) is 0 Å². The second-order valence-electron chi connectivity index (χ2n) is 8.21. The molecule has 1 atom stereocenters. The van der Waals surface area contributed by atoms with Crippen LogP contribution in [0, 0.1) is 6.92 Å². The number of nitrogens with one attached hydrogen (secondary N) is 1. The second-order valence-corrected chi connectivity index (χ2v) is 8.60. The number of carbonyl (C=O) groups is 2. The van der Waals surface area contributed by atoms with Gasteiger partial charge in [0.15, 0.2) is 5.11 Å². The van der Waals surface area contributed by atoms with Gasteiger partial charge in [0, 0.05) is 12.2 Å². The fraction of sp³-hybridized carbons (Fsp3) is 0.222. The molecule has 174 valence electrons. The van der Waals surface area contributed by atoms with Crippen molar-refractivity contribution >= 4 is 40.5 Å². The third-order valence-electron chi connectivity index (χ3n) is 5.88. The minimum atomic E-state index is -0.671. The van der Waals surface area contributed by atoms with Crippen LogP contribution < -0.4 is 15.0 Å². The number of hydrogen-bond donors (Lipinski definition) is 1. The van der Waals surface area contributed by atoms with Crippen LogP contribution in [0.1, 0.15) is 17.5 Å². The van der Waals surface area contributed by atoms with Crippen LogP contribution in [0.3, 0.4) is 0 Å². The summed E-state index contributed by atoms with van der Waals surface area (Å²) >= 11 is 5.74. The summed E-state index contributed by atoms with van der Waals surface area (Å²) in [5.41, 5.74) is 3.56. The molecule has 2 amide bonds. The second kappa shape index (κ2) is 10.5. The molecular formula is C27H27N3O3S. The highest BCUT2D eigenvalue weighted by Crippen LogP contribution is 2.27. The Hall–Kier alpha value is -3.71. The summed E-state index contributed by atoms with van der Waals surface area (Å²) < 4.78 is 5.22. The van der Waals surface area contributed by atoms with Gasteiger partial charge in [0.2, 0.25) is 5.91 Å². The molecule has 0 unspecified atom stereocenters. The summed E-state index contributed by atoms with van der Waals surface area (Å²) in [6, 6.07) is 24.1. The molecule has 1 heterocycles. The monoisotopic (exact) mass is 473 g/mol. The lowest BCUT2D eigenvalue weighted by Gasteiger charge is -2.30. The lowest BCUT2D eigenvalue weighted by Crippen LogP contribution is -2.48. The molecule has 0 aromatic heterocycles. The number of carbonyl (C=O) groups excluding carboxylic acids is 2. The molecule has 1 aliphatic heterocycles. The number of anilines is 2. The van der Waals surface area contributed by atoms with E-state index in [1.165, 1.54) is 4.90 Å². The number of imide groups is 1. The van der Waals surface area contributed by atoms with Crippen LogP contribution >= 0.6 is 12.2 Å². The largest absolute Gasteiger partial charge is 0.497 e. The fourth-order valence-electron chi connectivity index (χ4n) is 3.99. The van der Waals surface area contributed by atoms with Crippen LogP contribution in [0.2, 0.25) is 0 Å². The molecule has 0 radical (unpaired) electrons. The van der Waals surface area contributed by atoms with Gasteiger partial charge in [0.1, 0.15) is 11.8 Å². The highest BCUT2D eigenvalue weighted by Gasteiger charge is 2.43. The average molecular weight is 474 g/mol. The first-order valence-electron chi connectivity index (χ1n) is 11.2. The number of benzene rings is 3. The molecule has 0 bridgehead atoms. The number of ether oxygens (including phenoxy) is 1. The van der Waals surface area contributed by atoms with Gasteiger partial charge in [-0.1, -0.05) is 48.0 Å². The van der Waals surface area contributed by atoms with E-state index in [1.807, 2.05) is 78.6 Å². The number of methoxy groups -OCH3 is 1. The Bertz CT molecular complexity index is 1160. The van der Waals surface area contributed by atoms with Gasteiger partial charge in [-0.2, -0.15) is 0 Å². The van der Waals surface area contributed by atoms with Crippen LogP contribution in [0.5, 0.6) is 5.75 Å². The van der Waals surface area contributed by atoms with Crippen LogP contribution in [0.15, 0.2) is 78.9 Å². The first kappa shape index (κ1) is 23.4. The minimum Gasteiger partial charge on any atom is -0.497 e. The van der Waals surface area contributed by atoms with E-state index in [4.69, 9.17) is 17.0 Å². The van der Waals surface area contributed by atoms with Gasteiger partial charge >= 0.3 is 0 Å². The van der Waals surface area contributed by atoms with Crippen LogP contribution in [0.4, 0.5) is 11.4 Å². The van der Waals surface area contributed by atoms with Crippen molar-refractivity contribution in [2.24, 2.45) is 0 Å². The molecular weight excluding hydrogens is 446 g/mol. The Morgan fingerprint density at radius 2 is 1.71 bits per heavy atom. The minimum absolute atomic E-state index is 0.0753. The van der Waals surface area contributed by atoms with E-state index in [9.17, 15) is 9.59 Å².